The highest BCUT2D eigenvalue weighted by Crippen LogP contribution is 2.36. The molecule has 0 radical (unpaired) electrons. The van der Waals surface area contributed by atoms with E-state index in [2.05, 4.69) is 0 Å². The van der Waals surface area contributed by atoms with E-state index < -0.39 is 10.0 Å². The average molecular weight is 336 g/mol. The average Bonchev–Trinajstić information content (AvgIpc) is 2.50. The molecule has 1 aromatic rings. The van der Waals surface area contributed by atoms with Gasteiger partial charge in [0, 0.05) is 36.8 Å². The van der Waals surface area contributed by atoms with Gasteiger partial charge in [0.25, 0.3) is 5.56 Å². The maximum Gasteiger partial charge on any atom is 0.258 e. The molecule has 0 aromatic carbocycles. The molecule has 6 heteroatoms. The van der Waals surface area contributed by atoms with Crippen LogP contribution in [0.2, 0.25) is 0 Å². The summed E-state index contributed by atoms with van der Waals surface area (Å²) in [6.07, 6.45) is 5.31. The minimum Gasteiger partial charge on any atom is -0.311 e. The van der Waals surface area contributed by atoms with Gasteiger partial charge < -0.3 is 4.57 Å². The lowest BCUT2D eigenvalue weighted by Crippen LogP contribution is -2.49. The van der Waals surface area contributed by atoms with Crippen LogP contribution in [0, 0.1) is 5.92 Å². The van der Waals surface area contributed by atoms with E-state index in [4.69, 9.17) is 0 Å². The predicted molar refractivity (Wildman–Crippen MR) is 91.9 cm³/mol. The fraction of sp³-hybridized carbons (Fsp3) is 0.588. The summed E-state index contributed by atoms with van der Waals surface area (Å²) in [6, 6.07) is 3.85. The number of sulfonamides is 1. The fourth-order valence-electron chi connectivity index (χ4n) is 3.84. The summed E-state index contributed by atoms with van der Waals surface area (Å²) in [5, 5.41) is 0. The Morgan fingerprint density at radius 3 is 2.74 bits per heavy atom. The SMILES string of the molecule is CC=Cc1ccc2n(c1=O)CC1CC2CN(S(=O)(=O)CCC)C1. The minimum atomic E-state index is -3.17. The van der Waals surface area contributed by atoms with Gasteiger partial charge in [-0.15, -0.1) is 0 Å². The smallest absolute Gasteiger partial charge is 0.258 e. The number of hydrogen-bond donors (Lipinski definition) is 0. The number of nitrogens with zero attached hydrogens (tertiary/aromatic N) is 2. The number of fused-ring (bicyclic) bond motifs is 4. The first-order valence-corrected chi connectivity index (χ1v) is 9.91. The molecule has 1 saturated heterocycles. The number of pyridine rings is 1. The Bertz CT molecular complexity index is 780. The second kappa shape index (κ2) is 6.24. The van der Waals surface area contributed by atoms with E-state index in [1.165, 1.54) is 0 Å². The first-order chi connectivity index (χ1) is 11.0. The van der Waals surface area contributed by atoms with Crippen molar-refractivity contribution in [3.8, 4) is 0 Å². The zero-order valence-electron chi connectivity index (χ0n) is 13.7. The summed E-state index contributed by atoms with van der Waals surface area (Å²) in [5.41, 5.74) is 1.72. The molecule has 0 N–H and O–H groups in total. The molecule has 0 spiro atoms. The highest BCUT2D eigenvalue weighted by atomic mass is 32.2. The van der Waals surface area contributed by atoms with Crippen molar-refractivity contribution < 1.29 is 8.42 Å². The van der Waals surface area contributed by atoms with Crippen molar-refractivity contribution in [3.05, 3.63) is 39.8 Å². The molecule has 0 amide bonds. The highest BCUT2D eigenvalue weighted by molar-refractivity contribution is 7.89. The third-order valence-corrected chi connectivity index (χ3v) is 6.81. The van der Waals surface area contributed by atoms with Crippen molar-refractivity contribution in [2.24, 2.45) is 5.92 Å². The van der Waals surface area contributed by atoms with Gasteiger partial charge in [0.1, 0.15) is 0 Å². The molecular formula is C17H24N2O3S. The van der Waals surface area contributed by atoms with Crippen molar-refractivity contribution in [1.29, 1.82) is 0 Å². The predicted octanol–water partition coefficient (Wildman–Crippen LogP) is 2.04. The van der Waals surface area contributed by atoms with Crippen LogP contribution < -0.4 is 5.56 Å². The largest absolute Gasteiger partial charge is 0.311 e. The quantitative estimate of drug-likeness (QED) is 0.845. The number of piperidine rings is 1. The molecule has 5 nitrogen and oxygen atoms in total. The van der Waals surface area contributed by atoms with E-state index in [0.29, 0.717) is 31.6 Å². The lowest BCUT2D eigenvalue weighted by molar-refractivity contribution is 0.186. The molecule has 2 aliphatic rings. The summed E-state index contributed by atoms with van der Waals surface area (Å²) in [6.45, 7) is 5.45. The van der Waals surface area contributed by atoms with E-state index in [1.54, 1.807) is 4.31 Å². The van der Waals surface area contributed by atoms with Gasteiger partial charge in [-0.05, 0) is 37.8 Å². The van der Waals surface area contributed by atoms with Crippen LogP contribution in [-0.2, 0) is 16.6 Å². The number of aromatic nitrogens is 1. The van der Waals surface area contributed by atoms with Crippen LogP contribution >= 0.6 is 0 Å². The highest BCUT2D eigenvalue weighted by Gasteiger charge is 2.38. The topological polar surface area (TPSA) is 59.4 Å². The Morgan fingerprint density at radius 1 is 1.26 bits per heavy atom. The molecular weight excluding hydrogens is 312 g/mol. The maximum absolute atomic E-state index is 12.6. The maximum atomic E-state index is 12.6. The van der Waals surface area contributed by atoms with E-state index in [1.807, 2.05) is 42.7 Å². The fourth-order valence-corrected chi connectivity index (χ4v) is 5.46. The molecule has 126 valence electrons. The summed E-state index contributed by atoms with van der Waals surface area (Å²) in [4.78, 5) is 12.6. The lowest BCUT2D eigenvalue weighted by Gasteiger charge is -2.42. The number of allylic oxidation sites excluding steroid dienone is 1. The molecule has 3 rings (SSSR count). The summed E-state index contributed by atoms with van der Waals surface area (Å²) < 4.78 is 28.3. The van der Waals surface area contributed by atoms with E-state index in [-0.39, 0.29) is 23.1 Å². The van der Waals surface area contributed by atoms with Gasteiger partial charge in [-0.2, -0.15) is 0 Å². The molecule has 2 bridgehead atoms. The van der Waals surface area contributed by atoms with Gasteiger partial charge in [-0.1, -0.05) is 19.1 Å². The Kier molecular flexibility index (Phi) is 4.47. The van der Waals surface area contributed by atoms with Crippen LogP contribution in [0.5, 0.6) is 0 Å². The third kappa shape index (κ3) is 3.02. The van der Waals surface area contributed by atoms with Gasteiger partial charge in [-0.3, -0.25) is 4.79 Å². The van der Waals surface area contributed by atoms with Gasteiger partial charge in [0.05, 0.1) is 5.75 Å². The van der Waals surface area contributed by atoms with E-state index >= 15 is 0 Å². The third-order valence-electron chi connectivity index (χ3n) is 4.80. The van der Waals surface area contributed by atoms with Crippen LogP contribution in [0.15, 0.2) is 23.0 Å². The Hall–Kier alpha value is -1.40. The van der Waals surface area contributed by atoms with Crippen molar-refractivity contribution in [2.75, 3.05) is 18.8 Å². The van der Waals surface area contributed by atoms with Crippen LogP contribution in [0.25, 0.3) is 6.08 Å². The minimum absolute atomic E-state index is 0.0418. The normalized spacial score (nSPS) is 24.8. The van der Waals surface area contributed by atoms with Crippen LogP contribution in [-0.4, -0.2) is 36.1 Å². The van der Waals surface area contributed by atoms with E-state index in [0.717, 1.165) is 12.1 Å². The van der Waals surface area contributed by atoms with Gasteiger partial charge >= 0.3 is 0 Å². The molecule has 0 aliphatic carbocycles. The van der Waals surface area contributed by atoms with Gasteiger partial charge in [0.15, 0.2) is 0 Å². The van der Waals surface area contributed by atoms with Crippen LogP contribution in [0.4, 0.5) is 0 Å². The van der Waals surface area contributed by atoms with E-state index in [9.17, 15) is 13.2 Å². The lowest BCUT2D eigenvalue weighted by atomic mass is 9.84. The molecule has 2 aliphatic heterocycles. The molecule has 2 unspecified atom stereocenters. The van der Waals surface area contributed by atoms with Gasteiger partial charge in [-0.25, -0.2) is 12.7 Å². The number of rotatable bonds is 4. The summed E-state index contributed by atoms with van der Waals surface area (Å²) in [5.74, 6) is 0.562. The zero-order valence-corrected chi connectivity index (χ0v) is 14.6. The first-order valence-electron chi connectivity index (χ1n) is 8.30. The molecule has 1 aromatic heterocycles. The second-order valence-corrected chi connectivity index (χ2v) is 8.65. The first kappa shape index (κ1) is 16.5. The van der Waals surface area contributed by atoms with Crippen molar-refractivity contribution >= 4 is 16.1 Å². The summed E-state index contributed by atoms with van der Waals surface area (Å²) >= 11 is 0. The second-order valence-electron chi connectivity index (χ2n) is 6.56. The molecule has 1 fully saturated rings. The molecule has 23 heavy (non-hydrogen) atoms. The van der Waals surface area contributed by atoms with Crippen molar-refractivity contribution in [3.63, 3.8) is 0 Å². The standard InChI is InChI=1S/C17H24N2O3S/c1-3-5-14-6-7-16-15-9-13(11-19(16)17(14)20)10-18(12-15)23(21,22)8-4-2/h3,5-7,13,15H,4,8-12H2,1-2H3. The zero-order chi connectivity index (χ0) is 16.6. The number of hydrogen-bond acceptors (Lipinski definition) is 3. The van der Waals surface area contributed by atoms with Crippen LogP contribution in [0.3, 0.4) is 0 Å². The van der Waals surface area contributed by atoms with Crippen molar-refractivity contribution in [2.45, 2.75) is 39.2 Å². The Balaban J connectivity index is 1.95. The summed E-state index contributed by atoms with van der Waals surface area (Å²) in [7, 11) is -3.17. The molecule has 3 heterocycles. The van der Waals surface area contributed by atoms with Crippen molar-refractivity contribution in [1.82, 2.24) is 8.87 Å². The monoisotopic (exact) mass is 336 g/mol. The molecule has 0 saturated carbocycles. The Morgan fingerprint density at radius 2 is 2.04 bits per heavy atom. The Labute approximate surface area is 137 Å². The van der Waals surface area contributed by atoms with Crippen LogP contribution in [0.1, 0.15) is 43.9 Å². The van der Waals surface area contributed by atoms with Gasteiger partial charge in [0.2, 0.25) is 10.0 Å². The molecule has 2 atom stereocenters.